The summed E-state index contributed by atoms with van der Waals surface area (Å²) in [6.45, 7) is 10.1. The van der Waals surface area contributed by atoms with E-state index in [2.05, 4.69) is 6.58 Å². The van der Waals surface area contributed by atoms with Crippen molar-refractivity contribution in [1.29, 1.82) is 0 Å². The van der Waals surface area contributed by atoms with Gasteiger partial charge in [0, 0.05) is 18.7 Å². The first-order valence-corrected chi connectivity index (χ1v) is 13.4. The number of amides is 3. The van der Waals surface area contributed by atoms with E-state index < -0.39 is 11.1 Å². The number of hydrogen-bond acceptors (Lipinski definition) is 7. The molecule has 0 atom stereocenters. The van der Waals surface area contributed by atoms with Gasteiger partial charge in [-0.05, 0) is 61.4 Å². The number of benzene rings is 2. The molecule has 0 bridgehead atoms. The Hall–Kier alpha value is -3.56. The fourth-order valence-electron chi connectivity index (χ4n) is 4.18. The summed E-state index contributed by atoms with van der Waals surface area (Å²) >= 11 is 0.827. The lowest BCUT2D eigenvalue weighted by Gasteiger charge is -2.28. The number of rotatable bonds is 10. The van der Waals surface area contributed by atoms with Crippen LogP contribution in [-0.2, 0) is 27.4 Å². The predicted octanol–water partition coefficient (Wildman–Crippen LogP) is 4.60. The summed E-state index contributed by atoms with van der Waals surface area (Å²) in [6.07, 6.45) is 3.96. The van der Waals surface area contributed by atoms with Crippen molar-refractivity contribution in [2.45, 2.75) is 26.9 Å². The largest absolute Gasteiger partial charge is 0.490 e. The second-order valence-electron chi connectivity index (χ2n) is 8.97. The number of carbonyl (C=O) groups excluding carboxylic acids is 3. The zero-order valence-electron chi connectivity index (χ0n) is 21.7. The molecule has 2 aromatic rings. The van der Waals surface area contributed by atoms with Crippen molar-refractivity contribution in [1.82, 2.24) is 9.80 Å². The van der Waals surface area contributed by atoms with Gasteiger partial charge >= 0.3 is 0 Å². The molecule has 0 radical (unpaired) electrons. The molecule has 38 heavy (non-hydrogen) atoms. The highest BCUT2D eigenvalue weighted by Crippen LogP contribution is 2.37. The van der Waals surface area contributed by atoms with Gasteiger partial charge in [0.05, 0.1) is 24.7 Å². The van der Waals surface area contributed by atoms with Crippen molar-refractivity contribution >= 4 is 34.9 Å². The van der Waals surface area contributed by atoms with Crippen LogP contribution in [0.3, 0.4) is 0 Å². The van der Waals surface area contributed by atoms with Crippen LogP contribution in [0.15, 0.2) is 54.0 Å². The predicted molar refractivity (Wildman–Crippen MR) is 147 cm³/mol. The van der Waals surface area contributed by atoms with Crippen LogP contribution in [0.5, 0.6) is 11.5 Å². The third kappa shape index (κ3) is 6.65. The summed E-state index contributed by atoms with van der Waals surface area (Å²) in [6, 6.07) is 11.8. The Labute approximate surface area is 227 Å². The maximum Gasteiger partial charge on any atom is 0.294 e. The Morgan fingerprint density at radius 1 is 1.13 bits per heavy atom. The molecule has 2 aromatic carbocycles. The average molecular weight is 537 g/mol. The van der Waals surface area contributed by atoms with Crippen LogP contribution < -0.4 is 9.47 Å². The normalized spacial score (nSPS) is 16.7. The van der Waals surface area contributed by atoms with Crippen molar-refractivity contribution in [3.05, 3.63) is 76.2 Å². The van der Waals surface area contributed by atoms with Gasteiger partial charge in [0.25, 0.3) is 11.1 Å². The van der Waals surface area contributed by atoms with Gasteiger partial charge in [0.15, 0.2) is 11.5 Å². The number of ether oxygens (including phenoxy) is 3. The van der Waals surface area contributed by atoms with Crippen LogP contribution in [0.2, 0.25) is 0 Å². The third-order valence-electron chi connectivity index (χ3n) is 6.15. The Bertz CT molecular complexity index is 1230. The average Bonchev–Trinajstić information content (AvgIpc) is 3.17. The molecule has 0 unspecified atom stereocenters. The minimum Gasteiger partial charge on any atom is -0.490 e. The van der Waals surface area contributed by atoms with E-state index in [4.69, 9.17) is 14.2 Å². The molecule has 4 rings (SSSR count). The molecule has 9 heteroatoms. The first-order valence-electron chi connectivity index (χ1n) is 12.6. The first-order chi connectivity index (χ1) is 18.4. The van der Waals surface area contributed by atoms with Crippen LogP contribution in [0.25, 0.3) is 6.08 Å². The highest BCUT2D eigenvalue weighted by Gasteiger charge is 2.37. The van der Waals surface area contributed by atoms with Gasteiger partial charge in [-0.2, -0.15) is 0 Å². The van der Waals surface area contributed by atoms with Crippen LogP contribution in [0.1, 0.15) is 29.2 Å². The van der Waals surface area contributed by atoms with E-state index >= 15 is 0 Å². The zero-order chi connectivity index (χ0) is 27.1. The van der Waals surface area contributed by atoms with Crippen molar-refractivity contribution in [2.75, 3.05) is 39.5 Å². The van der Waals surface area contributed by atoms with Crippen LogP contribution in [0.4, 0.5) is 4.79 Å². The van der Waals surface area contributed by atoms with E-state index in [1.807, 2.05) is 44.2 Å². The lowest BCUT2D eigenvalue weighted by atomic mass is 10.0. The molecule has 2 heterocycles. The Kier molecular flexibility index (Phi) is 9.25. The van der Waals surface area contributed by atoms with E-state index in [1.165, 1.54) is 5.56 Å². The molecule has 2 saturated heterocycles. The van der Waals surface area contributed by atoms with Crippen molar-refractivity contribution in [2.24, 2.45) is 0 Å². The van der Waals surface area contributed by atoms with Gasteiger partial charge in [-0.3, -0.25) is 19.3 Å². The zero-order valence-corrected chi connectivity index (χ0v) is 22.6. The van der Waals surface area contributed by atoms with Gasteiger partial charge in [0.1, 0.15) is 13.2 Å². The summed E-state index contributed by atoms with van der Waals surface area (Å²) in [5, 5.41) is -0.461. The molecule has 0 aliphatic carbocycles. The standard InChI is InChI=1S/C29H32N2O6S/c1-4-6-23-15-22(16-24(36-5-2)27(23)37-19-21-9-7-20(3)8-10-21)17-25-28(33)31(29(34)38-25)18-26(32)30-11-13-35-14-12-30/h4,7-10,15-17H,1,5-6,11-14,18-19H2,2-3H3/b25-17+. The summed E-state index contributed by atoms with van der Waals surface area (Å²) in [5.41, 5.74) is 3.76. The molecule has 2 fully saturated rings. The molecule has 0 aromatic heterocycles. The number of thioether (sulfide) groups is 1. The minimum atomic E-state index is -0.482. The number of hydrogen-bond donors (Lipinski definition) is 0. The van der Waals surface area contributed by atoms with Crippen LogP contribution >= 0.6 is 11.8 Å². The molecule has 0 saturated carbocycles. The number of allylic oxidation sites excluding steroid dienone is 1. The van der Waals surface area contributed by atoms with Gasteiger partial charge < -0.3 is 19.1 Å². The van der Waals surface area contributed by atoms with Gasteiger partial charge in [-0.25, -0.2) is 0 Å². The monoisotopic (exact) mass is 536 g/mol. The highest BCUT2D eigenvalue weighted by atomic mass is 32.2. The van der Waals surface area contributed by atoms with E-state index in [9.17, 15) is 14.4 Å². The number of imide groups is 1. The molecule has 200 valence electrons. The molecule has 3 amide bonds. The Balaban J connectivity index is 1.56. The van der Waals surface area contributed by atoms with Crippen molar-refractivity contribution in [3.63, 3.8) is 0 Å². The van der Waals surface area contributed by atoms with E-state index in [0.717, 1.165) is 27.8 Å². The smallest absolute Gasteiger partial charge is 0.294 e. The maximum atomic E-state index is 13.1. The minimum absolute atomic E-state index is 0.255. The molecule has 0 N–H and O–H groups in total. The quantitative estimate of drug-likeness (QED) is 0.324. The second kappa shape index (κ2) is 12.8. The Morgan fingerprint density at radius 3 is 2.55 bits per heavy atom. The number of aryl methyl sites for hydroxylation is 1. The SMILES string of the molecule is C=CCc1cc(/C=C2/SC(=O)N(CC(=O)N3CCOCC3)C2=O)cc(OCC)c1OCc1ccc(C)cc1. The summed E-state index contributed by atoms with van der Waals surface area (Å²) < 4.78 is 17.4. The highest BCUT2D eigenvalue weighted by molar-refractivity contribution is 8.18. The number of morpholine rings is 1. The van der Waals surface area contributed by atoms with Crippen LogP contribution in [-0.4, -0.2) is 66.3 Å². The maximum absolute atomic E-state index is 13.1. The van der Waals surface area contributed by atoms with Gasteiger partial charge in [-0.15, -0.1) is 6.58 Å². The molecule has 2 aliphatic rings. The fraction of sp³-hybridized carbons (Fsp3) is 0.345. The van der Waals surface area contributed by atoms with Crippen molar-refractivity contribution < 1.29 is 28.6 Å². The molecular weight excluding hydrogens is 504 g/mol. The Morgan fingerprint density at radius 2 is 1.87 bits per heavy atom. The summed E-state index contributed by atoms with van der Waals surface area (Å²) in [7, 11) is 0. The van der Waals surface area contributed by atoms with Gasteiger partial charge in [-0.1, -0.05) is 35.9 Å². The summed E-state index contributed by atoms with van der Waals surface area (Å²) in [4.78, 5) is 41.2. The number of carbonyl (C=O) groups is 3. The molecular formula is C29H32N2O6S. The number of nitrogens with zero attached hydrogens (tertiary/aromatic N) is 2. The lowest BCUT2D eigenvalue weighted by Crippen LogP contribution is -2.46. The fourth-order valence-corrected chi connectivity index (χ4v) is 5.01. The third-order valence-corrected chi connectivity index (χ3v) is 7.06. The first kappa shape index (κ1) is 27.5. The van der Waals surface area contributed by atoms with E-state index in [-0.39, 0.29) is 17.4 Å². The van der Waals surface area contributed by atoms with E-state index in [0.29, 0.717) is 63.0 Å². The van der Waals surface area contributed by atoms with Gasteiger partial charge in [0.2, 0.25) is 5.91 Å². The second-order valence-corrected chi connectivity index (χ2v) is 9.96. The molecule has 0 spiro atoms. The lowest BCUT2D eigenvalue weighted by molar-refractivity contribution is -0.139. The molecule has 8 nitrogen and oxygen atoms in total. The van der Waals surface area contributed by atoms with Crippen molar-refractivity contribution in [3.8, 4) is 11.5 Å². The summed E-state index contributed by atoms with van der Waals surface area (Å²) in [5.74, 6) is 0.420. The topological polar surface area (TPSA) is 85.4 Å². The molecule has 2 aliphatic heterocycles. The van der Waals surface area contributed by atoms with E-state index in [1.54, 1.807) is 23.1 Å². The van der Waals surface area contributed by atoms with Crippen LogP contribution in [0, 0.1) is 6.92 Å².